The number of allylic oxidation sites excluding steroid dienone is 1. The number of hydrogen-bond donors (Lipinski definition) is 0. The number of fused-ring (bicyclic) bond motifs is 3. The molecule has 1 aliphatic heterocycles. The Bertz CT molecular complexity index is 1540. The summed E-state index contributed by atoms with van der Waals surface area (Å²) >= 11 is 6.45. The Morgan fingerprint density at radius 3 is 2.79 bits per heavy atom. The van der Waals surface area contributed by atoms with Crippen LogP contribution in [0.25, 0.3) is 16.6 Å². The Hall–Kier alpha value is -3.62. The number of para-hydroxylation sites is 1. The van der Waals surface area contributed by atoms with Gasteiger partial charge in [-0.25, -0.2) is 9.37 Å². The second kappa shape index (κ2) is 8.00. The number of benzene rings is 3. The smallest absolute Gasteiger partial charge is 0.130 e. The fraction of sp³-hybridized carbons (Fsp3) is 0.214. The van der Waals surface area contributed by atoms with E-state index in [-0.39, 0.29) is 5.82 Å². The van der Waals surface area contributed by atoms with Crippen molar-refractivity contribution in [2.45, 2.75) is 38.8 Å². The van der Waals surface area contributed by atoms with Gasteiger partial charge in [0.05, 0.1) is 16.6 Å². The first kappa shape index (κ1) is 20.9. The lowest BCUT2D eigenvalue weighted by Crippen LogP contribution is -2.06. The van der Waals surface area contributed by atoms with Gasteiger partial charge < -0.3 is 9.30 Å². The Labute approximate surface area is 201 Å². The van der Waals surface area contributed by atoms with Crippen LogP contribution < -0.4 is 4.74 Å². The lowest BCUT2D eigenvalue weighted by molar-refractivity contribution is 0.305. The first-order valence-corrected chi connectivity index (χ1v) is 11.7. The van der Waals surface area contributed by atoms with E-state index < -0.39 is 0 Å². The standard InChI is InChI=1S/C28H21ClFN3O/c1-16(13-31)26-21-9-5-17(11-19(21)15-34-25-12-20(30)8-10-22(25)26)14-33-24-4-2-3-23(29)27(24)32-28(33)18-6-7-18/h2-5,8-12,18H,6-7,14-15H2,1H3. The van der Waals surface area contributed by atoms with Crippen LogP contribution in [0.3, 0.4) is 0 Å². The van der Waals surface area contributed by atoms with E-state index in [1.165, 1.54) is 12.1 Å². The number of imidazole rings is 1. The van der Waals surface area contributed by atoms with E-state index in [0.29, 0.717) is 35.4 Å². The highest BCUT2D eigenvalue weighted by molar-refractivity contribution is 6.34. The van der Waals surface area contributed by atoms with Gasteiger partial charge in [-0.05, 0) is 66.8 Å². The average molecular weight is 470 g/mol. The van der Waals surface area contributed by atoms with Crippen LogP contribution in [0.15, 0.2) is 60.2 Å². The molecule has 168 valence electrons. The van der Waals surface area contributed by atoms with Gasteiger partial charge in [0.1, 0.15) is 29.5 Å². The topological polar surface area (TPSA) is 50.8 Å². The molecule has 0 bridgehead atoms. The number of aromatic nitrogens is 2. The third-order valence-corrected chi connectivity index (χ3v) is 6.93. The largest absolute Gasteiger partial charge is 0.488 e. The predicted molar refractivity (Wildman–Crippen MR) is 130 cm³/mol. The van der Waals surface area contributed by atoms with Crippen LogP contribution in [0.1, 0.15) is 53.8 Å². The number of rotatable bonds is 3. The summed E-state index contributed by atoms with van der Waals surface area (Å²) < 4.78 is 22.2. The first-order chi connectivity index (χ1) is 16.5. The van der Waals surface area contributed by atoms with Crippen LogP contribution in [0, 0.1) is 17.1 Å². The van der Waals surface area contributed by atoms with Gasteiger partial charge in [-0.1, -0.05) is 29.8 Å². The summed E-state index contributed by atoms with van der Waals surface area (Å²) in [6.45, 7) is 2.75. The van der Waals surface area contributed by atoms with E-state index in [9.17, 15) is 9.65 Å². The fourth-order valence-corrected chi connectivity index (χ4v) is 5.04. The molecule has 0 N–H and O–H groups in total. The summed E-state index contributed by atoms with van der Waals surface area (Å²) in [5.74, 6) is 1.65. The van der Waals surface area contributed by atoms with Gasteiger partial charge >= 0.3 is 0 Å². The minimum absolute atomic E-state index is 0.299. The van der Waals surface area contributed by atoms with Crippen molar-refractivity contribution in [3.63, 3.8) is 0 Å². The SMILES string of the molecule is CC(C#N)=C1c2ccc(Cn3c(C4CC4)nc4c(Cl)cccc43)cc2COc2cc(F)ccc21. The number of hydrogen-bond acceptors (Lipinski definition) is 3. The van der Waals surface area contributed by atoms with Crippen molar-refractivity contribution < 1.29 is 9.13 Å². The van der Waals surface area contributed by atoms with Crippen LogP contribution in [-0.2, 0) is 13.2 Å². The molecule has 0 spiro atoms. The Balaban J connectivity index is 1.45. The molecule has 1 fully saturated rings. The summed E-state index contributed by atoms with van der Waals surface area (Å²) in [7, 11) is 0. The fourth-order valence-electron chi connectivity index (χ4n) is 4.82. The molecule has 0 atom stereocenters. The van der Waals surface area contributed by atoms with Crippen molar-refractivity contribution >= 4 is 28.2 Å². The lowest BCUT2D eigenvalue weighted by atomic mass is 9.90. The van der Waals surface area contributed by atoms with Crippen molar-refractivity contribution in [3.8, 4) is 11.8 Å². The van der Waals surface area contributed by atoms with E-state index in [2.05, 4.69) is 28.8 Å². The van der Waals surface area contributed by atoms with Crippen molar-refractivity contribution in [2.75, 3.05) is 0 Å². The minimum Gasteiger partial charge on any atom is -0.488 e. The van der Waals surface area contributed by atoms with Gasteiger partial charge in [0.15, 0.2) is 0 Å². The maximum Gasteiger partial charge on any atom is 0.130 e. The Morgan fingerprint density at radius 2 is 2.00 bits per heavy atom. The van der Waals surface area contributed by atoms with Crippen LogP contribution >= 0.6 is 11.6 Å². The monoisotopic (exact) mass is 469 g/mol. The van der Waals surface area contributed by atoms with Crippen molar-refractivity contribution in [1.29, 1.82) is 5.26 Å². The van der Waals surface area contributed by atoms with Gasteiger partial charge in [-0.15, -0.1) is 0 Å². The van der Waals surface area contributed by atoms with Crippen LogP contribution in [0.5, 0.6) is 5.75 Å². The second-order valence-corrected chi connectivity index (χ2v) is 9.38. The quantitative estimate of drug-likeness (QED) is 0.304. The number of nitriles is 1. The molecule has 1 aliphatic carbocycles. The molecule has 34 heavy (non-hydrogen) atoms. The molecule has 1 saturated carbocycles. The molecule has 4 nitrogen and oxygen atoms in total. The second-order valence-electron chi connectivity index (χ2n) is 8.97. The van der Waals surface area contributed by atoms with Crippen molar-refractivity contribution in [1.82, 2.24) is 9.55 Å². The van der Waals surface area contributed by atoms with E-state index in [1.54, 1.807) is 13.0 Å². The Kier molecular flexibility index (Phi) is 4.93. The van der Waals surface area contributed by atoms with Gasteiger partial charge in [-0.3, -0.25) is 0 Å². The van der Waals surface area contributed by atoms with Crippen LogP contribution in [0.4, 0.5) is 4.39 Å². The summed E-state index contributed by atoms with van der Waals surface area (Å²) in [6.07, 6.45) is 2.30. The summed E-state index contributed by atoms with van der Waals surface area (Å²) in [4.78, 5) is 4.88. The molecular formula is C28H21ClFN3O. The number of halogens is 2. The third kappa shape index (κ3) is 3.46. The molecular weight excluding hydrogens is 449 g/mol. The molecule has 6 rings (SSSR count). The number of ether oxygens (including phenoxy) is 1. The Morgan fingerprint density at radius 1 is 1.18 bits per heavy atom. The van der Waals surface area contributed by atoms with Gasteiger partial charge in [0.25, 0.3) is 0 Å². The van der Waals surface area contributed by atoms with Gasteiger partial charge in [-0.2, -0.15) is 5.26 Å². The summed E-state index contributed by atoms with van der Waals surface area (Å²) in [6, 6.07) is 18.9. The van der Waals surface area contributed by atoms with E-state index >= 15 is 0 Å². The highest BCUT2D eigenvalue weighted by atomic mass is 35.5. The van der Waals surface area contributed by atoms with E-state index in [1.807, 2.05) is 18.2 Å². The first-order valence-electron chi connectivity index (χ1n) is 11.3. The predicted octanol–water partition coefficient (Wildman–Crippen LogP) is 6.99. The van der Waals surface area contributed by atoms with Crippen molar-refractivity contribution in [3.05, 3.63) is 99.1 Å². The molecule has 0 saturated heterocycles. The van der Waals surface area contributed by atoms with Gasteiger partial charge in [0.2, 0.25) is 0 Å². The average Bonchev–Trinajstić information content (AvgIpc) is 3.63. The zero-order valence-corrected chi connectivity index (χ0v) is 19.4. The zero-order valence-electron chi connectivity index (χ0n) is 18.6. The molecule has 0 radical (unpaired) electrons. The van der Waals surface area contributed by atoms with Crippen LogP contribution in [-0.4, -0.2) is 9.55 Å². The summed E-state index contributed by atoms with van der Waals surface area (Å²) in [5, 5.41) is 10.3. The van der Waals surface area contributed by atoms with Gasteiger partial charge in [0, 0.05) is 35.2 Å². The molecule has 0 unspecified atom stereocenters. The zero-order chi connectivity index (χ0) is 23.4. The van der Waals surface area contributed by atoms with E-state index in [0.717, 1.165) is 57.5 Å². The van der Waals surface area contributed by atoms with Crippen LogP contribution in [0.2, 0.25) is 5.02 Å². The third-order valence-electron chi connectivity index (χ3n) is 6.62. The maximum atomic E-state index is 13.9. The van der Waals surface area contributed by atoms with Crippen molar-refractivity contribution in [2.24, 2.45) is 0 Å². The molecule has 2 heterocycles. The maximum absolute atomic E-state index is 13.9. The molecule has 2 aliphatic rings. The molecule has 1 aromatic heterocycles. The lowest BCUT2D eigenvalue weighted by Gasteiger charge is -2.14. The van der Waals surface area contributed by atoms with E-state index in [4.69, 9.17) is 21.3 Å². The minimum atomic E-state index is -0.363. The molecule has 4 aromatic rings. The highest BCUT2D eigenvalue weighted by Crippen LogP contribution is 2.42. The molecule has 6 heteroatoms. The summed E-state index contributed by atoms with van der Waals surface area (Å²) in [5.41, 5.74) is 6.98. The molecule has 0 amide bonds. The number of nitrogens with zero attached hydrogens (tertiary/aromatic N) is 3. The normalized spacial score (nSPS) is 16.3. The molecule has 3 aromatic carbocycles. The highest BCUT2D eigenvalue weighted by Gasteiger charge is 2.30.